The van der Waals surface area contributed by atoms with E-state index < -0.39 is 29.5 Å². The third-order valence-corrected chi connectivity index (χ3v) is 21.5. The van der Waals surface area contributed by atoms with Gasteiger partial charge in [-0.3, -0.25) is 14.6 Å². The molecule has 7 aliphatic rings. The first kappa shape index (κ1) is 86.3. The molecule has 115 heavy (non-hydrogen) atoms. The number of nitrogen functional groups attached to an aromatic ring is 2. The predicted octanol–water partition coefficient (Wildman–Crippen LogP) is 8.17. The minimum Gasteiger partial charge on any atom is -0.384 e. The van der Waals surface area contributed by atoms with Crippen molar-refractivity contribution < 1.29 is 60.0 Å². The van der Waals surface area contributed by atoms with Crippen LogP contribution < -0.4 is 47.0 Å². The van der Waals surface area contributed by atoms with Crippen LogP contribution in [0.25, 0.3) is 0 Å². The fraction of sp³-hybridized carbons (Fsp3) is 0.355. The number of aromatic nitrogens is 7. The number of amides is 2. The Balaban J connectivity index is 0.000000152. The van der Waals surface area contributed by atoms with Crippen LogP contribution in [-0.2, 0) is 62.9 Å². The summed E-state index contributed by atoms with van der Waals surface area (Å²) in [7, 11) is 5.10. The van der Waals surface area contributed by atoms with Crippen molar-refractivity contribution in [3.05, 3.63) is 216 Å². The van der Waals surface area contributed by atoms with Gasteiger partial charge in [-0.1, -0.05) is 54.1 Å². The maximum Gasteiger partial charge on any atom is 0.365 e. The minimum atomic E-state index is -3.46. The quantitative estimate of drug-likeness (QED) is 0.0289. The van der Waals surface area contributed by atoms with E-state index in [-0.39, 0.29) is 55.8 Å². The van der Waals surface area contributed by atoms with Crippen LogP contribution in [0.1, 0.15) is 43.5 Å². The average molecular weight is 1660 g/mol. The topological polar surface area (TPSA) is 433 Å². The summed E-state index contributed by atoms with van der Waals surface area (Å²) in [6.07, 6.45) is 4.43. The molecule has 7 N–H and O–H groups in total. The van der Waals surface area contributed by atoms with E-state index in [0.717, 1.165) is 101 Å². The number of benzene rings is 2. The molecule has 7 aromatic heterocycles. The van der Waals surface area contributed by atoms with Gasteiger partial charge in [0.1, 0.15) is 34.2 Å². The number of rotatable bonds is 19. The summed E-state index contributed by atoms with van der Waals surface area (Å²) in [4.78, 5) is 86.0. The summed E-state index contributed by atoms with van der Waals surface area (Å²) in [5, 5.41) is 30.2. The number of hydrogen-bond donors (Lipinski definition) is 5. The van der Waals surface area contributed by atoms with Crippen LogP contribution >= 0.6 is 23.2 Å². The molecule has 9 aromatic rings. The van der Waals surface area contributed by atoms with Crippen molar-refractivity contribution in [2.75, 3.05) is 169 Å². The average Bonchev–Trinajstić information content (AvgIpc) is 1.66. The summed E-state index contributed by atoms with van der Waals surface area (Å²) in [6, 6.07) is 42.8. The lowest BCUT2D eigenvalue weighted by Crippen LogP contribution is -2.52. The maximum atomic E-state index is 12.9. The number of halogens is 2. The second kappa shape index (κ2) is 39.3. The first-order chi connectivity index (χ1) is 54.9. The van der Waals surface area contributed by atoms with Crippen molar-refractivity contribution in [2.24, 2.45) is 0 Å². The van der Waals surface area contributed by atoms with Crippen molar-refractivity contribution in [1.29, 1.82) is 0 Å². The molecule has 35 nitrogen and oxygen atoms in total. The highest BCUT2D eigenvalue weighted by Crippen LogP contribution is 2.36. The fourth-order valence-corrected chi connectivity index (χ4v) is 14.2. The van der Waals surface area contributed by atoms with Crippen molar-refractivity contribution in [1.82, 2.24) is 50.0 Å². The third kappa shape index (κ3) is 23.1. The molecule has 7 aliphatic heterocycles. The zero-order chi connectivity index (χ0) is 82.8. The number of sulfone groups is 2. The number of carbonyl (C=O) groups is 2. The Hall–Kier alpha value is -11.1. The lowest BCUT2D eigenvalue weighted by Gasteiger charge is -2.39. The first-order valence-electron chi connectivity index (χ1n) is 35.9. The zero-order valence-electron chi connectivity index (χ0n) is 64.6. The number of methoxy groups -OCH3 is 5. The van der Waals surface area contributed by atoms with Crippen molar-refractivity contribution >= 4 is 124 Å². The van der Waals surface area contributed by atoms with E-state index in [4.69, 9.17) is 68.3 Å². The van der Waals surface area contributed by atoms with E-state index in [1.165, 1.54) is 47.6 Å². The molecule has 2 amide bonds. The molecule has 0 unspecified atom stereocenters. The van der Waals surface area contributed by atoms with E-state index in [2.05, 4.69) is 55.6 Å². The maximum absolute atomic E-state index is 12.9. The van der Waals surface area contributed by atoms with E-state index in [1.54, 1.807) is 121 Å². The summed E-state index contributed by atoms with van der Waals surface area (Å²) >= 11 is 11.4. The van der Waals surface area contributed by atoms with Crippen molar-refractivity contribution in [3.8, 4) is 0 Å². The molecule has 39 heteroatoms. The number of nitrogens with zero attached hydrogens (tertiary/aromatic N) is 15. The van der Waals surface area contributed by atoms with Gasteiger partial charge in [-0.2, -0.15) is 0 Å². The Morgan fingerprint density at radius 3 is 1.20 bits per heavy atom. The van der Waals surface area contributed by atoms with Crippen LogP contribution in [0.4, 0.5) is 69.3 Å². The first-order valence-corrected chi connectivity index (χ1v) is 40.5. The van der Waals surface area contributed by atoms with Gasteiger partial charge in [-0.05, 0) is 116 Å². The molecule has 0 spiro atoms. The SMILES string of the molecule is CN1Cc2nc(Cl)cc(Nc3ccccc3S(C)(=O)=O)c2C1=O.COC1CN(c2cccc(Cc3cc(Nc4ccccc4S(C)(=O)=O)c4c(n3)CN(C)C4=O)n2)C1.COC1CN(c2cccc(N)n2)C1.COC1CN(c2cccc(N)n2)C1.COC1CN(c2cccc([N+](=O)[O-])n2)C1.COC1CNC1.O=[N+]([O-])c1cccc(Cl)n1. The van der Waals surface area contributed by atoms with Crippen LogP contribution in [-0.4, -0.2) is 241 Å². The van der Waals surface area contributed by atoms with Gasteiger partial charge in [-0.15, -0.1) is 0 Å². The van der Waals surface area contributed by atoms with Gasteiger partial charge >= 0.3 is 11.6 Å². The normalized spacial score (nSPS) is 15.6. The van der Waals surface area contributed by atoms with Crippen molar-refractivity contribution in [2.45, 2.75) is 59.8 Å². The molecular formula is C76H90Cl2N20O15S2. The number of pyridine rings is 7. The molecule has 610 valence electrons. The third-order valence-electron chi connectivity index (χ3n) is 18.8. The number of anilines is 10. The number of nitrogens with one attached hydrogen (secondary N) is 3. The predicted molar refractivity (Wildman–Crippen MR) is 438 cm³/mol. The highest BCUT2D eigenvalue weighted by atomic mass is 35.5. The molecule has 16 rings (SSSR count). The van der Waals surface area contributed by atoms with Gasteiger partial charge < -0.3 is 101 Å². The number of para-hydroxylation sites is 2. The number of fused-ring (bicyclic) bond motifs is 2. The van der Waals surface area contributed by atoms with Crippen LogP contribution in [0.5, 0.6) is 0 Å². The Kier molecular flexibility index (Phi) is 29.5. The monoisotopic (exact) mass is 1660 g/mol. The molecule has 5 fully saturated rings. The van der Waals surface area contributed by atoms with E-state index in [1.807, 2.05) is 53.4 Å². The fourth-order valence-electron chi connectivity index (χ4n) is 12.1. The standard InChI is InChI=1S/C25H27N5O4S.C15H14ClN3O3S.C9H11N3O3.2C9H13N3O.C5H3ClN2O2.C4H9NO/c1-29-15-21-24(25(29)31)20(28-19-8-4-5-9-22(19)35(3,32)33)12-17(26-21)11-16-7-6-10-23(27-16)30-13-18(14-30)34-2;1-19-8-11-14(15(19)20)10(7-13(16)18-11)17-9-5-3-4-6-12(9)23(2,21)22;1-15-7-5-11(6-7)8-3-2-4-9(10-8)12(13)14;2*1-13-7-5-12(6-7)9-4-2-3-8(10)11-9;6-4-2-1-3-5(7-4)8(9)10;1-6-4-2-5-3-4/h4-10,12,18H,11,13-15H2,1-3H3,(H,26,28);3-7H,8H2,1-2H3,(H,17,18);2-4,7H,5-6H2,1H3;2*2-4,7H,5-6H2,1H3,(H2,10,11);1-3H;4-5H,2-3H2,1H3. The molecule has 0 bridgehead atoms. The molecule has 14 heterocycles. The Labute approximate surface area is 675 Å². The van der Waals surface area contributed by atoms with Crippen LogP contribution in [0.3, 0.4) is 0 Å². The van der Waals surface area contributed by atoms with E-state index in [0.29, 0.717) is 101 Å². The Bertz CT molecular complexity index is 5090. The Morgan fingerprint density at radius 1 is 0.452 bits per heavy atom. The second-order valence-corrected chi connectivity index (χ2v) is 31.9. The molecule has 2 aromatic carbocycles. The van der Waals surface area contributed by atoms with E-state index >= 15 is 0 Å². The van der Waals surface area contributed by atoms with Gasteiger partial charge in [0.2, 0.25) is 11.0 Å². The van der Waals surface area contributed by atoms with Crippen LogP contribution in [0.2, 0.25) is 10.3 Å². The highest BCUT2D eigenvalue weighted by molar-refractivity contribution is 7.91. The lowest BCUT2D eigenvalue weighted by molar-refractivity contribution is -0.389. The number of ether oxygens (including phenoxy) is 5. The van der Waals surface area contributed by atoms with Gasteiger partial charge in [0.25, 0.3) is 11.8 Å². The van der Waals surface area contributed by atoms with Gasteiger partial charge in [0, 0.05) is 170 Å². The molecule has 0 saturated carbocycles. The van der Waals surface area contributed by atoms with Crippen LogP contribution in [0.15, 0.2) is 161 Å². The summed E-state index contributed by atoms with van der Waals surface area (Å²) in [5.74, 6) is 3.87. The number of hydrogen-bond acceptors (Lipinski definition) is 31. The van der Waals surface area contributed by atoms with E-state index in [9.17, 15) is 46.7 Å². The Morgan fingerprint density at radius 2 is 0.826 bits per heavy atom. The molecular weight excluding hydrogens is 1570 g/mol. The van der Waals surface area contributed by atoms with Gasteiger partial charge in [0.05, 0.1) is 98.7 Å². The molecule has 0 radical (unpaired) electrons. The van der Waals surface area contributed by atoms with Crippen molar-refractivity contribution in [3.63, 3.8) is 0 Å². The number of nitro groups is 2. The highest BCUT2D eigenvalue weighted by Gasteiger charge is 2.35. The second-order valence-electron chi connectivity index (χ2n) is 27.2. The molecule has 0 atom stereocenters. The lowest BCUT2D eigenvalue weighted by atomic mass is 10.1. The molecule has 5 saturated heterocycles. The smallest absolute Gasteiger partial charge is 0.365 e. The van der Waals surface area contributed by atoms with Gasteiger partial charge in [-0.25, -0.2) is 36.8 Å². The largest absolute Gasteiger partial charge is 0.384 e. The zero-order valence-corrected chi connectivity index (χ0v) is 67.7. The summed E-state index contributed by atoms with van der Waals surface area (Å²) < 4.78 is 74.2. The molecule has 0 aliphatic carbocycles. The number of nitrogens with two attached hydrogens (primary N) is 2. The van der Waals surface area contributed by atoms with Gasteiger partial charge in [0.15, 0.2) is 19.7 Å². The minimum absolute atomic E-state index is 0.117. The summed E-state index contributed by atoms with van der Waals surface area (Å²) in [6.45, 7) is 9.59. The number of carbonyl (C=O) groups excluding carboxylic acids is 2. The summed E-state index contributed by atoms with van der Waals surface area (Å²) in [5.41, 5.74) is 16.7. The van der Waals surface area contributed by atoms with Crippen LogP contribution in [0, 0.1) is 20.2 Å².